The van der Waals surface area contributed by atoms with Gasteiger partial charge in [0.15, 0.2) is 11.8 Å². The van der Waals surface area contributed by atoms with Crippen molar-refractivity contribution >= 4 is 22.9 Å². The third kappa shape index (κ3) is 3.11. The Bertz CT molecular complexity index is 1060. The van der Waals surface area contributed by atoms with Gasteiger partial charge in [-0.2, -0.15) is 5.10 Å². The highest BCUT2D eigenvalue weighted by atomic mass is 16.5. The lowest BCUT2D eigenvalue weighted by molar-refractivity contribution is -0.154. The summed E-state index contributed by atoms with van der Waals surface area (Å²) in [7, 11) is 1.79. The van der Waals surface area contributed by atoms with Crippen molar-refractivity contribution in [2.45, 2.75) is 13.0 Å². The van der Waals surface area contributed by atoms with Crippen LogP contribution in [-0.2, 0) is 16.6 Å². The highest BCUT2D eigenvalue weighted by molar-refractivity contribution is 6.07. The number of carbonyl (C=O) groups excluding carboxylic acids is 1. The molecule has 0 bridgehead atoms. The molecular formula is C20H20N4O4. The normalized spacial score (nSPS) is 17.1. The Morgan fingerprint density at radius 1 is 1.25 bits per heavy atom. The molecule has 0 spiro atoms. The van der Waals surface area contributed by atoms with Crippen molar-refractivity contribution in [1.29, 1.82) is 0 Å². The number of morpholine rings is 1. The number of fused-ring (bicyclic) bond motifs is 1. The van der Waals surface area contributed by atoms with E-state index in [9.17, 15) is 14.7 Å². The number of amides is 1. The molecule has 28 heavy (non-hydrogen) atoms. The van der Waals surface area contributed by atoms with E-state index in [2.05, 4.69) is 5.10 Å². The van der Waals surface area contributed by atoms with E-state index in [1.54, 1.807) is 17.8 Å². The minimum absolute atomic E-state index is 0.0119. The number of pyridine rings is 1. The molecule has 144 valence electrons. The van der Waals surface area contributed by atoms with Crippen LogP contribution in [0.5, 0.6) is 0 Å². The van der Waals surface area contributed by atoms with Crippen molar-refractivity contribution in [3.63, 3.8) is 0 Å². The number of nitrogens with zero attached hydrogens (tertiary/aromatic N) is 4. The Morgan fingerprint density at radius 2 is 2.00 bits per heavy atom. The van der Waals surface area contributed by atoms with Crippen LogP contribution in [0.15, 0.2) is 36.4 Å². The van der Waals surface area contributed by atoms with Crippen LogP contribution in [0, 0.1) is 6.92 Å². The summed E-state index contributed by atoms with van der Waals surface area (Å²) >= 11 is 0. The molecule has 1 aliphatic heterocycles. The van der Waals surface area contributed by atoms with Gasteiger partial charge in [-0.15, -0.1) is 0 Å². The second-order valence-electron chi connectivity index (χ2n) is 6.78. The minimum Gasteiger partial charge on any atom is -0.479 e. The summed E-state index contributed by atoms with van der Waals surface area (Å²) in [5.74, 6) is -1.31. The molecule has 8 heteroatoms. The summed E-state index contributed by atoms with van der Waals surface area (Å²) in [4.78, 5) is 30.9. The zero-order chi connectivity index (χ0) is 19.8. The van der Waals surface area contributed by atoms with Crippen molar-refractivity contribution in [1.82, 2.24) is 19.7 Å². The van der Waals surface area contributed by atoms with Crippen molar-refractivity contribution in [3.05, 3.63) is 47.7 Å². The number of carboxylic acid groups (broad SMARTS) is 1. The van der Waals surface area contributed by atoms with Crippen molar-refractivity contribution in [2.75, 3.05) is 19.7 Å². The highest BCUT2D eigenvalue weighted by Crippen LogP contribution is 2.28. The second kappa shape index (κ2) is 7.05. The molecule has 1 unspecified atom stereocenters. The molecule has 3 heterocycles. The van der Waals surface area contributed by atoms with E-state index in [4.69, 9.17) is 9.72 Å². The van der Waals surface area contributed by atoms with Crippen LogP contribution < -0.4 is 0 Å². The van der Waals surface area contributed by atoms with E-state index in [0.717, 1.165) is 5.56 Å². The first kappa shape index (κ1) is 18.1. The highest BCUT2D eigenvalue weighted by Gasteiger charge is 2.31. The van der Waals surface area contributed by atoms with Gasteiger partial charge >= 0.3 is 5.97 Å². The summed E-state index contributed by atoms with van der Waals surface area (Å²) in [6.45, 7) is 2.38. The molecular weight excluding hydrogens is 360 g/mol. The molecule has 0 radical (unpaired) electrons. The maximum Gasteiger partial charge on any atom is 0.334 e. The maximum absolute atomic E-state index is 13.3. The molecule has 1 saturated heterocycles. The first-order valence-electron chi connectivity index (χ1n) is 8.99. The smallest absolute Gasteiger partial charge is 0.334 e. The van der Waals surface area contributed by atoms with Crippen LogP contribution in [0.2, 0.25) is 0 Å². The molecule has 0 aliphatic carbocycles. The molecule has 4 rings (SSSR count). The Hall–Kier alpha value is -3.26. The lowest BCUT2D eigenvalue weighted by Crippen LogP contribution is -2.48. The van der Waals surface area contributed by atoms with Crippen LogP contribution >= 0.6 is 0 Å². The molecule has 1 aliphatic rings. The molecule has 1 N–H and O–H groups in total. The summed E-state index contributed by atoms with van der Waals surface area (Å²) in [5.41, 5.74) is 3.35. The number of carbonyl (C=O) groups is 2. The fraction of sp³-hybridized carbons (Fsp3) is 0.300. The second-order valence-corrected chi connectivity index (χ2v) is 6.78. The number of hydrogen-bond acceptors (Lipinski definition) is 5. The lowest BCUT2D eigenvalue weighted by atomic mass is 10.0. The van der Waals surface area contributed by atoms with Gasteiger partial charge in [0.05, 0.1) is 35.5 Å². The number of aromatic nitrogens is 3. The maximum atomic E-state index is 13.3. The number of rotatable bonds is 3. The van der Waals surface area contributed by atoms with Gasteiger partial charge in [0.1, 0.15) is 0 Å². The minimum atomic E-state index is -1.07. The number of benzene rings is 1. The van der Waals surface area contributed by atoms with E-state index < -0.39 is 12.1 Å². The average molecular weight is 380 g/mol. The first-order chi connectivity index (χ1) is 13.5. The van der Waals surface area contributed by atoms with Crippen molar-refractivity contribution in [3.8, 4) is 11.3 Å². The molecule has 0 saturated carbocycles. The zero-order valence-corrected chi connectivity index (χ0v) is 15.6. The van der Waals surface area contributed by atoms with Crippen molar-refractivity contribution in [2.24, 2.45) is 7.05 Å². The topological polar surface area (TPSA) is 97.5 Å². The summed E-state index contributed by atoms with van der Waals surface area (Å²) < 4.78 is 6.90. The van der Waals surface area contributed by atoms with E-state index >= 15 is 0 Å². The van der Waals surface area contributed by atoms with Gasteiger partial charge in [-0.05, 0) is 13.0 Å². The van der Waals surface area contributed by atoms with E-state index in [-0.39, 0.29) is 19.1 Å². The Kier molecular flexibility index (Phi) is 4.56. The summed E-state index contributed by atoms with van der Waals surface area (Å²) in [5, 5.41) is 14.3. The van der Waals surface area contributed by atoms with Crippen LogP contribution in [0.25, 0.3) is 22.3 Å². The van der Waals surface area contributed by atoms with E-state index in [1.807, 2.05) is 37.3 Å². The zero-order valence-electron chi connectivity index (χ0n) is 15.6. The SMILES string of the molecule is Cc1nn(C)c2nc(-c3ccccc3)cc(C(=O)N3CCOC(C(=O)O)C3)c12. The van der Waals surface area contributed by atoms with Gasteiger partial charge in [0, 0.05) is 19.2 Å². The molecule has 1 fully saturated rings. The number of ether oxygens (including phenoxy) is 1. The van der Waals surface area contributed by atoms with Gasteiger partial charge < -0.3 is 14.7 Å². The lowest BCUT2D eigenvalue weighted by Gasteiger charge is -2.31. The van der Waals surface area contributed by atoms with E-state index in [0.29, 0.717) is 34.5 Å². The Labute approximate surface area is 161 Å². The van der Waals surface area contributed by atoms with Crippen LogP contribution in [0.3, 0.4) is 0 Å². The third-order valence-corrected chi connectivity index (χ3v) is 4.90. The van der Waals surface area contributed by atoms with Gasteiger partial charge in [-0.1, -0.05) is 30.3 Å². The molecule has 1 atom stereocenters. The number of carboxylic acids is 1. The largest absolute Gasteiger partial charge is 0.479 e. The monoisotopic (exact) mass is 380 g/mol. The fourth-order valence-electron chi connectivity index (χ4n) is 3.52. The van der Waals surface area contributed by atoms with Crippen molar-refractivity contribution < 1.29 is 19.4 Å². The number of aryl methyl sites for hydroxylation is 2. The van der Waals surface area contributed by atoms with Gasteiger partial charge in [-0.3, -0.25) is 9.48 Å². The standard InChI is InChI=1S/C20H20N4O4/c1-12-17-14(19(25)24-8-9-28-16(11-24)20(26)27)10-15(13-6-4-3-5-7-13)21-18(17)23(2)22-12/h3-7,10,16H,8-9,11H2,1-2H3,(H,26,27). The quantitative estimate of drug-likeness (QED) is 0.745. The van der Waals surface area contributed by atoms with E-state index in [1.165, 1.54) is 4.90 Å². The number of hydrogen-bond donors (Lipinski definition) is 1. The van der Waals surface area contributed by atoms with Gasteiger partial charge in [0.25, 0.3) is 5.91 Å². The molecule has 1 aromatic carbocycles. The van der Waals surface area contributed by atoms with Gasteiger partial charge in [-0.25, -0.2) is 9.78 Å². The van der Waals surface area contributed by atoms with Crippen LogP contribution in [-0.4, -0.2) is 62.4 Å². The fourth-order valence-corrected chi connectivity index (χ4v) is 3.52. The third-order valence-electron chi connectivity index (χ3n) is 4.90. The van der Waals surface area contributed by atoms with Crippen LogP contribution in [0.1, 0.15) is 16.1 Å². The number of aliphatic carboxylic acids is 1. The summed E-state index contributed by atoms with van der Waals surface area (Å²) in [6.07, 6.45) is -1.02. The predicted molar refractivity (Wildman–Crippen MR) is 102 cm³/mol. The van der Waals surface area contributed by atoms with Gasteiger partial charge in [0.2, 0.25) is 0 Å². The molecule has 1 amide bonds. The molecule has 3 aromatic rings. The van der Waals surface area contributed by atoms with Crippen LogP contribution in [0.4, 0.5) is 0 Å². The Morgan fingerprint density at radius 3 is 2.71 bits per heavy atom. The predicted octanol–water partition coefficient (Wildman–Crippen LogP) is 1.87. The molecule has 2 aromatic heterocycles. The Balaban J connectivity index is 1.83. The summed E-state index contributed by atoms with van der Waals surface area (Å²) in [6, 6.07) is 11.4. The first-order valence-corrected chi connectivity index (χ1v) is 8.99. The average Bonchev–Trinajstić information content (AvgIpc) is 3.01. The molecule has 8 nitrogen and oxygen atoms in total.